The number of nitrogens with one attached hydrogen (secondary N) is 1. The molecule has 0 bridgehead atoms. The number of para-hydroxylation sites is 1. The number of aromatic hydroxyl groups is 1. The summed E-state index contributed by atoms with van der Waals surface area (Å²) in [6.07, 6.45) is 4.66. The van der Waals surface area contributed by atoms with Gasteiger partial charge in [0.1, 0.15) is 16.2 Å². The van der Waals surface area contributed by atoms with Crippen LogP contribution in [0.4, 0.5) is 5.69 Å². The topological polar surface area (TPSA) is 112 Å². The molecule has 1 aliphatic heterocycles. The van der Waals surface area contributed by atoms with E-state index < -0.39 is 10.0 Å². The smallest absolute Gasteiger partial charge is 0.264 e. The molecule has 1 fully saturated rings. The molecule has 1 amide bonds. The van der Waals surface area contributed by atoms with Crippen molar-refractivity contribution in [1.82, 2.24) is 14.9 Å². The van der Waals surface area contributed by atoms with Gasteiger partial charge in [-0.2, -0.15) is 0 Å². The highest BCUT2D eigenvalue weighted by Crippen LogP contribution is 2.30. The molecule has 1 saturated heterocycles. The second kappa shape index (κ2) is 9.34. The first-order valence-electron chi connectivity index (χ1n) is 11.3. The lowest BCUT2D eigenvalue weighted by Gasteiger charge is -2.32. The summed E-state index contributed by atoms with van der Waals surface area (Å²) < 4.78 is 28.5. The molecule has 2 heterocycles. The number of piperidine rings is 1. The molecule has 1 aromatic heterocycles. The Balaban J connectivity index is 1.25. The van der Waals surface area contributed by atoms with E-state index in [2.05, 4.69) is 14.7 Å². The van der Waals surface area contributed by atoms with Crippen molar-refractivity contribution in [2.24, 2.45) is 0 Å². The summed E-state index contributed by atoms with van der Waals surface area (Å²) in [5, 5.41) is 9.48. The van der Waals surface area contributed by atoms with Crippen molar-refractivity contribution >= 4 is 32.7 Å². The molecule has 0 radical (unpaired) electrons. The van der Waals surface area contributed by atoms with Crippen LogP contribution in [-0.4, -0.2) is 47.4 Å². The van der Waals surface area contributed by atoms with Crippen LogP contribution in [0.1, 0.15) is 34.7 Å². The Morgan fingerprint density at radius 2 is 1.60 bits per heavy atom. The largest absolute Gasteiger partial charge is 0.508 e. The summed E-state index contributed by atoms with van der Waals surface area (Å²) in [4.78, 5) is 23.2. The van der Waals surface area contributed by atoms with E-state index in [1.807, 2.05) is 17.0 Å². The number of anilines is 1. The Morgan fingerprint density at radius 1 is 0.914 bits per heavy atom. The van der Waals surface area contributed by atoms with E-state index in [9.17, 15) is 18.3 Å². The highest BCUT2D eigenvalue weighted by Gasteiger charge is 2.25. The van der Waals surface area contributed by atoms with E-state index >= 15 is 0 Å². The number of amides is 1. The molecule has 0 aliphatic carbocycles. The Labute approximate surface area is 203 Å². The van der Waals surface area contributed by atoms with Gasteiger partial charge in [-0.05, 0) is 72.9 Å². The number of nitrogens with zero attached hydrogens (tertiary/aromatic N) is 3. The Morgan fingerprint density at radius 3 is 2.31 bits per heavy atom. The van der Waals surface area contributed by atoms with Crippen LogP contribution >= 0.6 is 0 Å². The lowest BCUT2D eigenvalue weighted by Crippen LogP contribution is -2.37. The molecule has 8 nitrogen and oxygen atoms in total. The Bertz CT molecular complexity index is 1460. The third kappa shape index (κ3) is 4.81. The van der Waals surface area contributed by atoms with Crippen LogP contribution in [0.25, 0.3) is 11.0 Å². The van der Waals surface area contributed by atoms with Crippen LogP contribution < -0.4 is 4.72 Å². The van der Waals surface area contributed by atoms with Gasteiger partial charge in [0.15, 0.2) is 0 Å². The average Bonchev–Trinajstić information content (AvgIpc) is 2.89. The minimum absolute atomic E-state index is 0.0414. The predicted molar refractivity (Wildman–Crippen MR) is 133 cm³/mol. The summed E-state index contributed by atoms with van der Waals surface area (Å²) >= 11 is 0. The third-order valence-corrected chi connectivity index (χ3v) is 7.69. The number of hydrogen-bond acceptors (Lipinski definition) is 6. The number of carbonyl (C=O) groups excluding carboxylic acids is 1. The van der Waals surface area contributed by atoms with Crippen molar-refractivity contribution < 1.29 is 18.3 Å². The molecule has 35 heavy (non-hydrogen) atoms. The van der Waals surface area contributed by atoms with Gasteiger partial charge < -0.3 is 10.0 Å². The summed E-state index contributed by atoms with van der Waals surface area (Å²) in [6, 6.07) is 18.5. The van der Waals surface area contributed by atoms with E-state index in [1.165, 1.54) is 24.0 Å². The molecule has 4 aromatic rings. The number of fused-ring (bicyclic) bond motifs is 1. The van der Waals surface area contributed by atoms with Gasteiger partial charge in [0, 0.05) is 36.7 Å². The van der Waals surface area contributed by atoms with E-state index in [0.29, 0.717) is 41.3 Å². The minimum atomic E-state index is -3.89. The zero-order chi connectivity index (χ0) is 24.4. The van der Waals surface area contributed by atoms with Crippen molar-refractivity contribution in [1.29, 1.82) is 0 Å². The fourth-order valence-electron chi connectivity index (χ4n) is 4.42. The normalized spacial score (nSPS) is 14.7. The maximum Gasteiger partial charge on any atom is 0.264 e. The Hall–Kier alpha value is -3.98. The van der Waals surface area contributed by atoms with Gasteiger partial charge >= 0.3 is 0 Å². The monoisotopic (exact) mass is 488 g/mol. The van der Waals surface area contributed by atoms with Gasteiger partial charge in [0.25, 0.3) is 15.9 Å². The van der Waals surface area contributed by atoms with Crippen LogP contribution in [0, 0.1) is 0 Å². The first kappa shape index (κ1) is 22.8. The van der Waals surface area contributed by atoms with Crippen LogP contribution in [0.15, 0.2) is 84.0 Å². The number of likely N-dealkylation sites (tertiary alicyclic amines) is 1. The second-order valence-electron chi connectivity index (χ2n) is 8.52. The number of phenols is 1. The van der Waals surface area contributed by atoms with Gasteiger partial charge in [-0.25, -0.2) is 8.42 Å². The van der Waals surface area contributed by atoms with Crippen LogP contribution in [0.3, 0.4) is 0 Å². The minimum Gasteiger partial charge on any atom is -0.508 e. The fourth-order valence-corrected chi connectivity index (χ4v) is 5.64. The number of rotatable bonds is 5. The first-order valence-corrected chi connectivity index (χ1v) is 12.8. The quantitative estimate of drug-likeness (QED) is 0.436. The van der Waals surface area contributed by atoms with Crippen molar-refractivity contribution in [3.63, 3.8) is 0 Å². The number of carbonyl (C=O) groups is 1. The van der Waals surface area contributed by atoms with Gasteiger partial charge in [0.05, 0.1) is 5.52 Å². The summed E-state index contributed by atoms with van der Waals surface area (Å²) in [6.45, 7) is 1.28. The number of phenolic OH excluding ortho intramolecular Hbond substituents is 1. The van der Waals surface area contributed by atoms with Crippen molar-refractivity contribution in [3.05, 3.63) is 90.3 Å². The predicted octanol–water partition coefficient (Wildman–Crippen LogP) is 4.16. The zero-order valence-electron chi connectivity index (χ0n) is 18.8. The molecule has 9 heteroatoms. The molecule has 0 spiro atoms. The van der Waals surface area contributed by atoms with Gasteiger partial charge in [-0.3, -0.25) is 19.5 Å². The number of aromatic nitrogens is 2. The summed E-state index contributed by atoms with van der Waals surface area (Å²) in [5.74, 6) is 0.529. The van der Waals surface area contributed by atoms with Crippen molar-refractivity contribution in [2.45, 2.75) is 23.7 Å². The highest BCUT2D eigenvalue weighted by molar-refractivity contribution is 7.93. The second-order valence-corrected chi connectivity index (χ2v) is 10.2. The lowest BCUT2D eigenvalue weighted by molar-refractivity contribution is 0.0713. The molecule has 0 saturated carbocycles. The van der Waals surface area contributed by atoms with Gasteiger partial charge in [0.2, 0.25) is 0 Å². The number of benzene rings is 3. The lowest BCUT2D eigenvalue weighted by atomic mass is 9.89. The van der Waals surface area contributed by atoms with E-state index in [1.54, 1.807) is 48.5 Å². The third-order valence-electron chi connectivity index (χ3n) is 6.28. The van der Waals surface area contributed by atoms with Gasteiger partial charge in [-0.15, -0.1) is 0 Å². The average molecular weight is 489 g/mol. The Kier molecular flexibility index (Phi) is 6.08. The molecule has 0 atom stereocenters. The van der Waals surface area contributed by atoms with E-state index in [0.717, 1.165) is 12.8 Å². The molecule has 0 unspecified atom stereocenters. The van der Waals surface area contributed by atoms with E-state index in [4.69, 9.17) is 0 Å². The molecular formula is C26H24N4O4S. The number of sulfonamides is 1. The van der Waals surface area contributed by atoms with Crippen molar-refractivity contribution in [2.75, 3.05) is 17.8 Å². The SMILES string of the molecule is O=C(c1ccc(NS(=O)(=O)c2cccc3nccnc23)cc1)N1CCC(c2ccc(O)cc2)CC1. The molecule has 5 rings (SSSR count). The maximum absolute atomic E-state index is 13.0. The van der Waals surface area contributed by atoms with Crippen molar-refractivity contribution in [3.8, 4) is 5.75 Å². The molecule has 1 aliphatic rings. The molecule has 2 N–H and O–H groups in total. The zero-order valence-corrected chi connectivity index (χ0v) is 19.6. The summed E-state index contributed by atoms with van der Waals surface area (Å²) in [5.41, 5.74) is 2.82. The first-order chi connectivity index (χ1) is 16.9. The fraction of sp³-hybridized carbons (Fsp3) is 0.192. The van der Waals surface area contributed by atoms with Crippen LogP contribution in [0.2, 0.25) is 0 Å². The molecule has 3 aromatic carbocycles. The highest BCUT2D eigenvalue weighted by atomic mass is 32.2. The number of hydrogen-bond donors (Lipinski definition) is 2. The summed E-state index contributed by atoms with van der Waals surface area (Å²) in [7, 11) is -3.89. The molecule has 178 valence electrons. The van der Waals surface area contributed by atoms with Crippen LogP contribution in [-0.2, 0) is 10.0 Å². The maximum atomic E-state index is 13.0. The van der Waals surface area contributed by atoms with Gasteiger partial charge in [-0.1, -0.05) is 18.2 Å². The standard InChI is InChI=1S/C26H24N4O4S/c31-22-10-6-18(7-11-22)19-12-16-30(17-13-19)26(32)20-4-8-21(9-5-20)29-35(33,34)24-3-1-2-23-25(24)28-15-14-27-23/h1-11,14-15,19,29,31H,12-13,16-17H2. The molecular weight excluding hydrogens is 464 g/mol. The van der Waals surface area contributed by atoms with E-state index in [-0.39, 0.29) is 16.6 Å². The van der Waals surface area contributed by atoms with Crippen LogP contribution in [0.5, 0.6) is 5.75 Å².